The maximum atomic E-state index is 13.7. The van der Waals surface area contributed by atoms with Gasteiger partial charge in [-0.05, 0) is 57.5 Å². The quantitative estimate of drug-likeness (QED) is 0.504. The minimum atomic E-state index is -0.778. The summed E-state index contributed by atoms with van der Waals surface area (Å²) in [6, 6.07) is 12.6. The van der Waals surface area contributed by atoms with Gasteiger partial charge in [-0.25, -0.2) is 14.2 Å². The average molecular weight is 481 g/mol. The molecule has 34 heavy (non-hydrogen) atoms. The van der Waals surface area contributed by atoms with Gasteiger partial charge in [0, 0.05) is 5.56 Å². The SMILES string of the molecule is CCOC(=O)C1=C(C)N=c2s/c(=C/c3cccc(F)c3)c(=O)n2[C@H]1c1ccccc1OC(C)C. The number of aromatic nitrogens is 1. The molecule has 0 radical (unpaired) electrons. The monoisotopic (exact) mass is 480 g/mol. The van der Waals surface area contributed by atoms with Gasteiger partial charge in [-0.1, -0.05) is 41.7 Å². The van der Waals surface area contributed by atoms with Crippen molar-refractivity contribution < 1.29 is 18.7 Å². The van der Waals surface area contributed by atoms with Gasteiger partial charge in [-0.15, -0.1) is 0 Å². The molecule has 0 saturated heterocycles. The van der Waals surface area contributed by atoms with Crippen molar-refractivity contribution in [3.05, 3.63) is 96.4 Å². The lowest BCUT2D eigenvalue weighted by atomic mass is 9.95. The second kappa shape index (κ2) is 9.77. The van der Waals surface area contributed by atoms with Crippen LogP contribution >= 0.6 is 11.3 Å². The largest absolute Gasteiger partial charge is 0.491 e. The number of fused-ring (bicyclic) bond motifs is 1. The Morgan fingerprint density at radius 2 is 2.00 bits per heavy atom. The van der Waals surface area contributed by atoms with E-state index in [1.165, 1.54) is 28.0 Å². The Morgan fingerprint density at radius 1 is 1.24 bits per heavy atom. The molecule has 1 aromatic heterocycles. The number of halogens is 1. The van der Waals surface area contributed by atoms with Crippen LogP contribution in [-0.4, -0.2) is 23.2 Å². The summed E-state index contributed by atoms with van der Waals surface area (Å²) < 4.78 is 26.9. The van der Waals surface area contributed by atoms with Crippen LogP contribution in [0.2, 0.25) is 0 Å². The third kappa shape index (κ3) is 4.59. The summed E-state index contributed by atoms with van der Waals surface area (Å²) in [6.07, 6.45) is 1.52. The van der Waals surface area contributed by atoms with E-state index >= 15 is 0 Å². The first-order valence-corrected chi connectivity index (χ1v) is 11.8. The molecule has 0 aliphatic carbocycles. The van der Waals surface area contributed by atoms with E-state index in [1.54, 1.807) is 32.1 Å². The Morgan fingerprint density at radius 3 is 2.71 bits per heavy atom. The average Bonchev–Trinajstić information content (AvgIpc) is 3.07. The van der Waals surface area contributed by atoms with Gasteiger partial charge in [-0.3, -0.25) is 9.36 Å². The second-order valence-corrected chi connectivity index (χ2v) is 9.07. The molecule has 0 saturated carbocycles. The van der Waals surface area contributed by atoms with Crippen molar-refractivity contribution in [3.63, 3.8) is 0 Å². The fourth-order valence-corrected chi connectivity index (χ4v) is 4.95. The van der Waals surface area contributed by atoms with Crippen LogP contribution in [0.5, 0.6) is 5.75 Å². The molecule has 0 N–H and O–H groups in total. The van der Waals surface area contributed by atoms with E-state index in [4.69, 9.17) is 9.47 Å². The van der Waals surface area contributed by atoms with E-state index in [0.717, 1.165) is 0 Å². The molecule has 0 amide bonds. The maximum absolute atomic E-state index is 13.7. The zero-order valence-corrected chi connectivity index (χ0v) is 20.2. The minimum absolute atomic E-state index is 0.110. The molecule has 2 heterocycles. The number of para-hydroxylation sites is 1. The molecule has 2 aromatic carbocycles. The molecule has 0 unspecified atom stereocenters. The van der Waals surface area contributed by atoms with E-state index in [0.29, 0.717) is 31.9 Å². The molecular formula is C26H25FN2O4S. The summed E-state index contributed by atoms with van der Waals surface area (Å²) >= 11 is 1.19. The predicted octanol–water partition coefficient (Wildman–Crippen LogP) is 3.72. The molecule has 3 aromatic rings. The first-order valence-electron chi connectivity index (χ1n) is 11.0. The molecule has 4 rings (SSSR count). The van der Waals surface area contributed by atoms with Crippen LogP contribution in [0.3, 0.4) is 0 Å². The highest BCUT2D eigenvalue weighted by atomic mass is 32.1. The van der Waals surface area contributed by atoms with Crippen LogP contribution < -0.4 is 19.6 Å². The smallest absolute Gasteiger partial charge is 0.338 e. The summed E-state index contributed by atoms with van der Waals surface area (Å²) in [6.45, 7) is 7.47. The molecule has 6 nitrogen and oxygen atoms in total. The number of thiazole rings is 1. The highest BCUT2D eigenvalue weighted by Gasteiger charge is 2.35. The lowest BCUT2D eigenvalue weighted by Crippen LogP contribution is -2.40. The molecule has 0 spiro atoms. The van der Waals surface area contributed by atoms with Crippen molar-refractivity contribution in [1.82, 2.24) is 4.57 Å². The highest BCUT2D eigenvalue weighted by Crippen LogP contribution is 2.36. The fraction of sp³-hybridized carbons (Fsp3) is 0.269. The standard InChI is InChI=1S/C26H25FN2O4S/c1-5-32-25(31)22-16(4)28-26-29(23(22)19-11-6-7-12-20(19)33-15(2)3)24(30)21(34-26)14-17-9-8-10-18(27)13-17/h6-15,23H,5H2,1-4H3/b21-14+/t23-/m0/s1. The van der Waals surface area contributed by atoms with E-state index in [2.05, 4.69) is 4.99 Å². The van der Waals surface area contributed by atoms with Gasteiger partial charge in [0.15, 0.2) is 4.80 Å². The summed E-state index contributed by atoms with van der Waals surface area (Å²) in [4.78, 5) is 31.7. The third-order valence-corrected chi connectivity index (χ3v) is 6.22. The summed E-state index contributed by atoms with van der Waals surface area (Å²) in [5.74, 6) is -0.356. The van der Waals surface area contributed by atoms with Gasteiger partial charge >= 0.3 is 5.97 Å². The number of carbonyl (C=O) groups is 1. The first kappa shape index (κ1) is 23.6. The van der Waals surface area contributed by atoms with E-state index in [9.17, 15) is 14.0 Å². The highest BCUT2D eigenvalue weighted by molar-refractivity contribution is 7.07. The Balaban J connectivity index is 1.99. The molecule has 1 aliphatic rings. The van der Waals surface area contributed by atoms with Crippen LogP contribution in [0.25, 0.3) is 6.08 Å². The number of rotatable bonds is 6. The van der Waals surface area contributed by atoms with Gasteiger partial charge in [0.05, 0.1) is 28.5 Å². The first-order chi connectivity index (χ1) is 16.3. The fourth-order valence-electron chi connectivity index (χ4n) is 3.90. The van der Waals surface area contributed by atoms with Gasteiger partial charge in [0.1, 0.15) is 17.6 Å². The number of hydrogen-bond donors (Lipinski definition) is 0. The molecular weight excluding hydrogens is 455 g/mol. The van der Waals surface area contributed by atoms with E-state index in [1.807, 2.05) is 38.1 Å². The van der Waals surface area contributed by atoms with Gasteiger partial charge in [0.2, 0.25) is 0 Å². The number of esters is 1. The second-order valence-electron chi connectivity index (χ2n) is 8.06. The number of allylic oxidation sites excluding steroid dienone is 1. The van der Waals surface area contributed by atoms with Gasteiger partial charge in [0.25, 0.3) is 5.56 Å². The number of benzene rings is 2. The number of ether oxygens (including phenoxy) is 2. The molecule has 8 heteroatoms. The molecule has 0 fully saturated rings. The van der Waals surface area contributed by atoms with Crippen LogP contribution in [0, 0.1) is 5.82 Å². The summed E-state index contributed by atoms with van der Waals surface area (Å²) in [5, 5.41) is 0. The Bertz CT molecular complexity index is 1450. The maximum Gasteiger partial charge on any atom is 0.338 e. The summed E-state index contributed by atoms with van der Waals surface area (Å²) in [5.41, 5.74) is 1.65. The van der Waals surface area contributed by atoms with Crippen molar-refractivity contribution >= 4 is 23.4 Å². The third-order valence-electron chi connectivity index (χ3n) is 5.24. The van der Waals surface area contributed by atoms with Crippen molar-refractivity contribution in [3.8, 4) is 5.75 Å². The van der Waals surface area contributed by atoms with Crippen molar-refractivity contribution in [2.75, 3.05) is 6.61 Å². The van der Waals surface area contributed by atoms with Crippen LogP contribution in [0.1, 0.15) is 44.9 Å². The van der Waals surface area contributed by atoms with Crippen molar-refractivity contribution in [2.24, 2.45) is 4.99 Å². The Kier molecular flexibility index (Phi) is 6.79. The molecule has 176 valence electrons. The lowest BCUT2D eigenvalue weighted by Gasteiger charge is -2.26. The number of carbonyl (C=O) groups excluding carboxylic acids is 1. The topological polar surface area (TPSA) is 69.9 Å². The van der Waals surface area contributed by atoms with E-state index < -0.39 is 12.0 Å². The Hall–Kier alpha value is -3.52. The van der Waals surface area contributed by atoms with E-state index in [-0.39, 0.29) is 29.7 Å². The van der Waals surface area contributed by atoms with Crippen molar-refractivity contribution in [1.29, 1.82) is 0 Å². The minimum Gasteiger partial charge on any atom is -0.491 e. The van der Waals surface area contributed by atoms with Crippen molar-refractivity contribution in [2.45, 2.75) is 39.8 Å². The predicted molar refractivity (Wildman–Crippen MR) is 129 cm³/mol. The molecule has 1 aliphatic heterocycles. The lowest BCUT2D eigenvalue weighted by molar-refractivity contribution is -0.139. The van der Waals surface area contributed by atoms with Gasteiger partial charge in [-0.2, -0.15) is 0 Å². The van der Waals surface area contributed by atoms with Crippen LogP contribution in [0.15, 0.2) is 69.6 Å². The normalized spacial score (nSPS) is 15.8. The Labute approximate surface area is 200 Å². The molecule has 0 bridgehead atoms. The number of hydrogen-bond acceptors (Lipinski definition) is 6. The van der Waals surface area contributed by atoms with Gasteiger partial charge < -0.3 is 9.47 Å². The zero-order valence-electron chi connectivity index (χ0n) is 19.4. The zero-order chi connectivity index (χ0) is 24.4. The van der Waals surface area contributed by atoms with Crippen LogP contribution in [-0.2, 0) is 9.53 Å². The molecule has 1 atom stereocenters. The van der Waals surface area contributed by atoms with Crippen LogP contribution in [0.4, 0.5) is 4.39 Å². The number of nitrogens with zero attached hydrogens (tertiary/aromatic N) is 2. The summed E-state index contributed by atoms with van der Waals surface area (Å²) in [7, 11) is 0.